The van der Waals surface area contributed by atoms with Crippen LogP contribution in [0.2, 0.25) is 0 Å². The van der Waals surface area contributed by atoms with Gasteiger partial charge in [0.15, 0.2) is 0 Å². The Morgan fingerprint density at radius 1 is 1.26 bits per heavy atom. The number of piperidine rings is 1. The molecule has 0 atom stereocenters. The number of aromatic nitrogens is 2. The van der Waals surface area contributed by atoms with Crippen molar-refractivity contribution >= 4 is 16.9 Å². The Morgan fingerprint density at radius 2 is 2.04 bits per heavy atom. The average molecular weight is 314 g/mol. The predicted octanol–water partition coefficient (Wildman–Crippen LogP) is 1.88. The largest absolute Gasteiger partial charge is 0.506 e. The van der Waals surface area contributed by atoms with Gasteiger partial charge in [0.2, 0.25) is 0 Å². The first-order chi connectivity index (χ1) is 11.2. The van der Waals surface area contributed by atoms with Gasteiger partial charge in [0, 0.05) is 12.5 Å². The number of fused-ring (bicyclic) bond motifs is 1. The number of H-pyrrole nitrogens is 1. The zero-order chi connectivity index (χ0) is 15.8. The van der Waals surface area contributed by atoms with Gasteiger partial charge in [-0.25, -0.2) is 4.98 Å². The zero-order valence-electron chi connectivity index (χ0n) is 13.1. The van der Waals surface area contributed by atoms with Crippen molar-refractivity contribution < 1.29 is 9.90 Å². The van der Waals surface area contributed by atoms with E-state index in [1.165, 1.54) is 0 Å². The van der Waals surface area contributed by atoms with E-state index in [0.29, 0.717) is 35.0 Å². The van der Waals surface area contributed by atoms with E-state index in [2.05, 4.69) is 20.6 Å². The normalized spacial score (nSPS) is 19.1. The molecule has 6 heteroatoms. The number of rotatable bonds is 4. The van der Waals surface area contributed by atoms with Crippen LogP contribution < -0.4 is 10.6 Å². The fraction of sp³-hybridized carbons (Fsp3) is 0.529. The summed E-state index contributed by atoms with van der Waals surface area (Å²) in [7, 11) is 0. The summed E-state index contributed by atoms with van der Waals surface area (Å²) >= 11 is 0. The first-order valence-corrected chi connectivity index (χ1v) is 8.43. The lowest BCUT2D eigenvalue weighted by molar-refractivity contribution is 0.0945. The highest BCUT2D eigenvalue weighted by molar-refractivity contribution is 6.06. The van der Waals surface area contributed by atoms with Gasteiger partial charge in [-0.3, -0.25) is 4.79 Å². The van der Waals surface area contributed by atoms with E-state index in [0.717, 1.165) is 44.6 Å². The minimum atomic E-state index is -0.0977. The number of carbonyl (C=O) groups excluding carboxylic acids is 1. The maximum Gasteiger partial charge on any atom is 0.253 e. The average Bonchev–Trinajstić information content (AvgIpc) is 3.33. The van der Waals surface area contributed by atoms with Gasteiger partial charge in [0.1, 0.15) is 17.1 Å². The first-order valence-electron chi connectivity index (χ1n) is 8.43. The standard InChI is InChI=1S/C17H22N4O2/c22-13-4-3-12(14-15(13)21-16(20-14)11-1-2-11)17(23)19-9-10-5-7-18-8-6-10/h3-4,10-11,18,22H,1-2,5-9H2,(H,19,23)(H,20,21). The maximum atomic E-state index is 12.6. The highest BCUT2D eigenvalue weighted by Gasteiger charge is 2.28. The summed E-state index contributed by atoms with van der Waals surface area (Å²) in [4.78, 5) is 20.3. The molecule has 1 saturated carbocycles. The quantitative estimate of drug-likeness (QED) is 0.693. The summed E-state index contributed by atoms with van der Waals surface area (Å²) in [5, 5.41) is 16.4. The van der Waals surface area contributed by atoms with Crippen LogP contribution >= 0.6 is 0 Å². The van der Waals surface area contributed by atoms with E-state index in [1.54, 1.807) is 12.1 Å². The summed E-state index contributed by atoms with van der Waals surface area (Å²) in [6, 6.07) is 3.23. The van der Waals surface area contributed by atoms with Crippen LogP contribution in [0, 0.1) is 5.92 Å². The number of aromatic hydroxyl groups is 1. The smallest absolute Gasteiger partial charge is 0.253 e. The molecule has 0 bridgehead atoms. The molecule has 4 rings (SSSR count). The van der Waals surface area contributed by atoms with Crippen LogP contribution in [-0.2, 0) is 0 Å². The van der Waals surface area contributed by atoms with Crippen molar-refractivity contribution in [3.8, 4) is 5.75 Å². The summed E-state index contributed by atoms with van der Waals surface area (Å²) in [5.41, 5.74) is 1.71. The lowest BCUT2D eigenvalue weighted by atomic mass is 9.98. The third-order valence-electron chi connectivity index (χ3n) is 4.86. The highest BCUT2D eigenvalue weighted by Crippen LogP contribution is 2.40. The Kier molecular flexibility index (Phi) is 3.69. The van der Waals surface area contributed by atoms with Gasteiger partial charge in [0.25, 0.3) is 5.91 Å². The van der Waals surface area contributed by atoms with Gasteiger partial charge in [-0.05, 0) is 56.8 Å². The number of imidazole rings is 1. The predicted molar refractivity (Wildman–Crippen MR) is 87.7 cm³/mol. The van der Waals surface area contributed by atoms with E-state index < -0.39 is 0 Å². The van der Waals surface area contributed by atoms with Crippen molar-refractivity contribution in [3.05, 3.63) is 23.5 Å². The van der Waals surface area contributed by atoms with Gasteiger partial charge in [-0.2, -0.15) is 0 Å². The molecular formula is C17H22N4O2. The molecule has 1 aliphatic heterocycles. The van der Waals surface area contributed by atoms with Gasteiger partial charge in [-0.15, -0.1) is 0 Å². The molecule has 0 spiro atoms. The van der Waals surface area contributed by atoms with Crippen LogP contribution in [0.1, 0.15) is 47.8 Å². The number of phenols is 1. The van der Waals surface area contributed by atoms with Gasteiger partial charge in [0.05, 0.1) is 11.1 Å². The van der Waals surface area contributed by atoms with Crippen molar-refractivity contribution in [2.24, 2.45) is 5.92 Å². The van der Waals surface area contributed by atoms with Gasteiger partial charge < -0.3 is 20.7 Å². The fourth-order valence-corrected chi connectivity index (χ4v) is 3.25. The van der Waals surface area contributed by atoms with Crippen molar-refractivity contribution in [1.29, 1.82) is 0 Å². The summed E-state index contributed by atoms with van der Waals surface area (Å²) in [6.45, 7) is 2.75. The van der Waals surface area contributed by atoms with E-state index in [9.17, 15) is 9.90 Å². The first kappa shape index (κ1) is 14.5. The number of nitrogens with zero attached hydrogens (tertiary/aromatic N) is 1. The number of aromatic amines is 1. The van der Waals surface area contributed by atoms with E-state index in [4.69, 9.17) is 0 Å². The number of hydrogen-bond donors (Lipinski definition) is 4. The van der Waals surface area contributed by atoms with Crippen LogP contribution in [0.25, 0.3) is 11.0 Å². The molecular weight excluding hydrogens is 292 g/mol. The number of phenolic OH excluding ortho intramolecular Hbond substituents is 1. The Labute approximate surface area is 134 Å². The molecule has 0 radical (unpaired) electrons. The van der Waals surface area contributed by atoms with Crippen LogP contribution in [0.5, 0.6) is 5.75 Å². The molecule has 1 aromatic heterocycles. The Hall–Kier alpha value is -2.08. The molecule has 0 unspecified atom stereocenters. The minimum Gasteiger partial charge on any atom is -0.506 e. The molecule has 1 saturated heterocycles. The van der Waals surface area contributed by atoms with Crippen LogP contribution in [0.3, 0.4) is 0 Å². The van der Waals surface area contributed by atoms with E-state index in [-0.39, 0.29) is 11.7 Å². The molecule has 1 aliphatic carbocycles. The molecule has 23 heavy (non-hydrogen) atoms. The molecule has 1 aromatic carbocycles. The lowest BCUT2D eigenvalue weighted by Gasteiger charge is -2.22. The van der Waals surface area contributed by atoms with Gasteiger partial charge in [-0.1, -0.05) is 0 Å². The summed E-state index contributed by atoms with van der Waals surface area (Å²) in [6.07, 6.45) is 4.44. The van der Waals surface area contributed by atoms with Gasteiger partial charge >= 0.3 is 0 Å². The number of hydrogen-bond acceptors (Lipinski definition) is 4. The third-order valence-corrected chi connectivity index (χ3v) is 4.86. The van der Waals surface area contributed by atoms with Crippen molar-refractivity contribution in [3.63, 3.8) is 0 Å². The monoisotopic (exact) mass is 314 g/mol. The molecule has 2 fully saturated rings. The molecule has 2 aliphatic rings. The maximum absolute atomic E-state index is 12.6. The molecule has 1 amide bonds. The van der Waals surface area contributed by atoms with Crippen molar-refractivity contribution in [2.75, 3.05) is 19.6 Å². The molecule has 2 aromatic rings. The molecule has 122 valence electrons. The lowest BCUT2D eigenvalue weighted by Crippen LogP contribution is -2.36. The van der Waals surface area contributed by atoms with Crippen molar-refractivity contribution in [1.82, 2.24) is 20.6 Å². The van der Waals surface area contributed by atoms with Crippen LogP contribution in [0.4, 0.5) is 0 Å². The van der Waals surface area contributed by atoms with E-state index in [1.807, 2.05) is 0 Å². The second-order valence-electron chi connectivity index (χ2n) is 6.66. The van der Waals surface area contributed by atoms with Crippen molar-refractivity contribution in [2.45, 2.75) is 31.6 Å². The Morgan fingerprint density at radius 3 is 2.78 bits per heavy atom. The number of amides is 1. The number of carbonyl (C=O) groups is 1. The summed E-state index contributed by atoms with van der Waals surface area (Å²) < 4.78 is 0. The topological polar surface area (TPSA) is 90.0 Å². The molecule has 2 heterocycles. The summed E-state index contributed by atoms with van der Waals surface area (Å²) in [5.74, 6) is 1.90. The number of benzene rings is 1. The Bertz CT molecular complexity index is 730. The van der Waals surface area contributed by atoms with E-state index >= 15 is 0 Å². The second-order valence-corrected chi connectivity index (χ2v) is 6.66. The zero-order valence-corrected chi connectivity index (χ0v) is 13.1. The second kappa shape index (κ2) is 5.85. The van der Waals surface area contributed by atoms with Crippen LogP contribution in [0.15, 0.2) is 12.1 Å². The fourth-order valence-electron chi connectivity index (χ4n) is 3.25. The Balaban J connectivity index is 1.55. The highest BCUT2D eigenvalue weighted by atomic mass is 16.3. The molecule has 6 nitrogen and oxygen atoms in total. The third kappa shape index (κ3) is 2.91. The number of nitrogens with one attached hydrogen (secondary N) is 3. The van der Waals surface area contributed by atoms with Crippen LogP contribution in [-0.4, -0.2) is 40.6 Å². The minimum absolute atomic E-state index is 0.0977. The SMILES string of the molecule is O=C(NCC1CCNCC1)c1ccc(O)c2nc(C3CC3)[nH]c12. The molecule has 4 N–H and O–H groups in total.